The Morgan fingerprint density at radius 2 is 2.06 bits per heavy atom. The van der Waals surface area contributed by atoms with Crippen LogP contribution in [0, 0.1) is 5.41 Å². The lowest BCUT2D eigenvalue weighted by molar-refractivity contribution is -0.153. The molecule has 90 valence electrons. The van der Waals surface area contributed by atoms with Crippen LogP contribution < -0.4 is 5.73 Å². The average molecular weight is 246 g/mol. The van der Waals surface area contributed by atoms with Gasteiger partial charge in [0.15, 0.2) is 0 Å². The second-order valence-corrected chi connectivity index (χ2v) is 6.70. The first-order valence-corrected chi connectivity index (χ1v) is 6.46. The van der Waals surface area contributed by atoms with Gasteiger partial charge in [-0.05, 0) is 24.7 Å². The summed E-state index contributed by atoms with van der Waals surface area (Å²) in [6.45, 7) is 0.963. The van der Waals surface area contributed by atoms with Crippen LogP contribution in [0.15, 0.2) is 11.1 Å². The lowest BCUT2D eigenvalue weighted by atomic mass is 9.39. The molecule has 1 heterocycles. The van der Waals surface area contributed by atoms with Crippen LogP contribution in [0.2, 0.25) is 0 Å². The van der Waals surface area contributed by atoms with E-state index in [1.165, 1.54) is 11.8 Å². The van der Waals surface area contributed by atoms with Crippen LogP contribution in [0.3, 0.4) is 0 Å². The van der Waals surface area contributed by atoms with Gasteiger partial charge in [-0.3, -0.25) is 0 Å². The molecular formula is C11H16F2N2S. The van der Waals surface area contributed by atoms with E-state index in [-0.39, 0.29) is 22.0 Å². The third-order valence-corrected chi connectivity index (χ3v) is 5.56. The molecule has 0 aromatic carbocycles. The minimum Gasteiger partial charge on any atom is -0.360 e. The van der Waals surface area contributed by atoms with Crippen molar-refractivity contribution in [1.29, 1.82) is 0 Å². The van der Waals surface area contributed by atoms with Gasteiger partial charge >= 0.3 is 0 Å². The van der Waals surface area contributed by atoms with E-state index >= 15 is 0 Å². The Kier molecular flexibility index (Phi) is 1.86. The molecule has 4 aliphatic rings. The third kappa shape index (κ3) is 1.21. The summed E-state index contributed by atoms with van der Waals surface area (Å²) in [4.78, 5) is 1.75. The van der Waals surface area contributed by atoms with E-state index in [4.69, 9.17) is 5.73 Å². The van der Waals surface area contributed by atoms with Crippen molar-refractivity contribution in [2.75, 3.05) is 7.05 Å². The van der Waals surface area contributed by atoms with E-state index in [0.29, 0.717) is 0 Å². The van der Waals surface area contributed by atoms with Crippen LogP contribution in [0.25, 0.3) is 0 Å². The first-order valence-electron chi connectivity index (χ1n) is 5.52. The Bertz CT molecular complexity index is 355. The van der Waals surface area contributed by atoms with Gasteiger partial charge in [-0.15, -0.1) is 11.8 Å². The topological polar surface area (TPSA) is 29.3 Å². The van der Waals surface area contributed by atoms with E-state index in [1.807, 2.05) is 0 Å². The van der Waals surface area contributed by atoms with E-state index in [1.54, 1.807) is 17.4 Å². The summed E-state index contributed by atoms with van der Waals surface area (Å²) >= 11 is 1.53. The molecular weight excluding hydrogens is 230 g/mol. The summed E-state index contributed by atoms with van der Waals surface area (Å²) in [5, 5.41) is 1.78. The second-order valence-electron chi connectivity index (χ2n) is 5.75. The van der Waals surface area contributed by atoms with Crippen LogP contribution in [0.5, 0.6) is 0 Å². The molecule has 0 radical (unpaired) electrons. The lowest BCUT2D eigenvalue weighted by Gasteiger charge is -2.71. The summed E-state index contributed by atoms with van der Waals surface area (Å²) in [7, 11) is 1.78. The van der Waals surface area contributed by atoms with Gasteiger partial charge in [0.2, 0.25) is 0 Å². The highest BCUT2D eigenvalue weighted by Gasteiger charge is 2.70. The molecule has 1 atom stereocenters. The minimum atomic E-state index is -2.74. The number of nitrogens with two attached hydrogens (primary N) is 1. The number of rotatable bonds is 2. The Hall–Kier alpha value is -0.290. The molecule has 3 saturated carbocycles. The van der Waals surface area contributed by atoms with Crippen LogP contribution in [0.4, 0.5) is 8.78 Å². The minimum absolute atomic E-state index is 0.0406. The highest BCUT2D eigenvalue weighted by molar-refractivity contribution is 8.03. The van der Waals surface area contributed by atoms with Crippen molar-refractivity contribution < 1.29 is 8.78 Å². The van der Waals surface area contributed by atoms with Crippen molar-refractivity contribution in [3.05, 3.63) is 11.1 Å². The van der Waals surface area contributed by atoms with Crippen molar-refractivity contribution >= 4 is 11.8 Å². The Labute approximate surface area is 98.2 Å². The van der Waals surface area contributed by atoms with Crippen LogP contribution in [-0.2, 0) is 0 Å². The van der Waals surface area contributed by atoms with E-state index < -0.39 is 5.92 Å². The normalized spacial score (nSPS) is 46.2. The molecule has 2 N–H and O–H groups in total. The van der Waals surface area contributed by atoms with Gasteiger partial charge in [0.05, 0.1) is 11.1 Å². The maximum atomic E-state index is 13.3. The summed E-state index contributed by atoms with van der Waals surface area (Å²) < 4.78 is 26.6. The molecule has 1 aliphatic heterocycles. The number of hydrogen-bond acceptors (Lipinski definition) is 3. The van der Waals surface area contributed by atoms with Crippen LogP contribution >= 0.6 is 11.8 Å². The third-order valence-electron chi connectivity index (χ3n) is 4.13. The van der Waals surface area contributed by atoms with Crippen molar-refractivity contribution in [2.24, 2.45) is 11.1 Å². The van der Waals surface area contributed by atoms with Crippen molar-refractivity contribution in [3.8, 4) is 0 Å². The highest BCUT2D eigenvalue weighted by Crippen LogP contribution is 2.71. The fraction of sp³-hybridized carbons (Fsp3) is 0.818. The van der Waals surface area contributed by atoms with Gasteiger partial charge in [0.25, 0.3) is 5.92 Å². The summed E-state index contributed by atoms with van der Waals surface area (Å²) in [5.74, 6) is -2.74. The smallest absolute Gasteiger partial charge is 0.285 e. The lowest BCUT2D eigenvalue weighted by Crippen LogP contribution is -2.76. The van der Waals surface area contributed by atoms with Gasteiger partial charge < -0.3 is 10.6 Å². The zero-order valence-electron chi connectivity index (χ0n) is 9.46. The number of nitrogens with zero attached hydrogens (tertiary/aromatic N) is 1. The van der Waals surface area contributed by atoms with E-state index in [9.17, 15) is 8.78 Å². The molecule has 5 heteroatoms. The van der Waals surface area contributed by atoms with Crippen molar-refractivity contribution in [1.82, 2.24) is 4.90 Å². The Morgan fingerprint density at radius 3 is 2.44 bits per heavy atom. The van der Waals surface area contributed by atoms with E-state index in [0.717, 1.165) is 26.2 Å². The molecule has 16 heavy (non-hydrogen) atoms. The molecule has 0 spiro atoms. The molecule has 4 rings (SSSR count). The predicted molar refractivity (Wildman–Crippen MR) is 61.0 cm³/mol. The fourth-order valence-electron chi connectivity index (χ4n) is 3.61. The second kappa shape index (κ2) is 2.75. The van der Waals surface area contributed by atoms with Gasteiger partial charge in [-0.1, -0.05) is 0 Å². The molecule has 1 unspecified atom stereocenters. The van der Waals surface area contributed by atoms with Crippen LogP contribution in [0.1, 0.15) is 26.2 Å². The summed E-state index contributed by atoms with van der Waals surface area (Å²) in [6, 6.07) is 0. The Morgan fingerprint density at radius 1 is 1.50 bits per heavy atom. The molecule has 0 aromatic rings. The highest BCUT2D eigenvalue weighted by atomic mass is 32.2. The summed E-state index contributed by atoms with van der Waals surface area (Å²) in [6.07, 6.45) is 3.00. The first kappa shape index (κ1) is 10.8. The monoisotopic (exact) mass is 246 g/mol. The van der Waals surface area contributed by atoms with Gasteiger partial charge in [-0.2, -0.15) is 0 Å². The number of thioether (sulfide) groups is 1. The molecule has 0 saturated heterocycles. The number of allylic oxidation sites excluding steroid dienone is 1. The maximum Gasteiger partial charge on any atom is 0.285 e. The van der Waals surface area contributed by atoms with Gasteiger partial charge in [0, 0.05) is 24.9 Å². The first-order chi connectivity index (χ1) is 7.26. The number of hydrogen-bond donors (Lipinski definition) is 1. The largest absolute Gasteiger partial charge is 0.360 e. The average Bonchev–Trinajstić information content (AvgIpc) is 2.39. The maximum absolute atomic E-state index is 13.3. The SMILES string of the molecule is CN1C(C(C)(F)F)=CSC1C12CC(N)(C1)C2. The molecule has 3 fully saturated rings. The summed E-state index contributed by atoms with van der Waals surface area (Å²) in [5.41, 5.74) is 6.41. The quantitative estimate of drug-likeness (QED) is 0.811. The van der Waals surface area contributed by atoms with Crippen molar-refractivity contribution in [2.45, 2.75) is 43.0 Å². The van der Waals surface area contributed by atoms with Crippen LogP contribution in [-0.4, -0.2) is 28.8 Å². The van der Waals surface area contributed by atoms with Gasteiger partial charge in [0.1, 0.15) is 0 Å². The van der Waals surface area contributed by atoms with Crippen molar-refractivity contribution in [3.63, 3.8) is 0 Å². The van der Waals surface area contributed by atoms with Gasteiger partial charge in [-0.25, -0.2) is 8.78 Å². The predicted octanol–water partition coefficient (Wildman–Crippen LogP) is 2.37. The standard InChI is InChI=1S/C11H16F2N2S/c1-9(12,13)7-3-16-8(15(7)2)10-4-11(14,5-10)6-10/h3,8H,4-6,14H2,1-2H3. The molecule has 0 aromatic heterocycles. The fourth-order valence-corrected chi connectivity index (χ4v) is 5.07. The molecule has 0 amide bonds. The number of halogens is 2. The number of alkyl halides is 2. The molecule has 2 nitrogen and oxygen atoms in total. The molecule has 3 aliphatic carbocycles. The molecule has 2 bridgehead atoms. The Balaban J connectivity index is 1.75. The zero-order chi connectivity index (χ0) is 11.8. The zero-order valence-corrected chi connectivity index (χ0v) is 10.3. The van der Waals surface area contributed by atoms with E-state index in [2.05, 4.69) is 0 Å².